The lowest BCUT2D eigenvalue weighted by Crippen LogP contribution is -2.45. The third kappa shape index (κ3) is 6.18. The highest BCUT2D eigenvalue weighted by atomic mass is 16.6. The number of piperidine rings is 1. The van der Waals surface area contributed by atoms with Crippen LogP contribution in [0.1, 0.15) is 80.6 Å². The highest BCUT2D eigenvalue weighted by Gasteiger charge is 2.36. The zero-order valence-electron chi connectivity index (χ0n) is 24.9. The number of aryl methyl sites for hydroxylation is 1. The minimum Gasteiger partial charge on any atom is -0.496 e. The number of hydrogen-bond acceptors (Lipinski definition) is 7. The second kappa shape index (κ2) is 12.0. The molecule has 1 fully saturated rings. The summed E-state index contributed by atoms with van der Waals surface area (Å²) in [5.74, 6) is 0.430. The molecule has 1 aromatic heterocycles. The quantitative estimate of drug-likeness (QED) is 0.304. The predicted octanol–water partition coefficient (Wildman–Crippen LogP) is 6.66. The summed E-state index contributed by atoms with van der Waals surface area (Å²) in [6, 6.07) is 11.9. The molecule has 2 unspecified atom stereocenters. The van der Waals surface area contributed by atoms with E-state index in [0.717, 1.165) is 46.2 Å². The fourth-order valence-electron chi connectivity index (χ4n) is 5.78. The van der Waals surface area contributed by atoms with Gasteiger partial charge in [0.1, 0.15) is 11.4 Å². The predicted molar refractivity (Wildman–Crippen MR) is 155 cm³/mol. The van der Waals surface area contributed by atoms with Gasteiger partial charge in [-0.3, -0.25) is 9.47 Å². The summed E-state index contributed by atoms with van der Waals surface area (Å²) in [5, 5.41) is 0.960. The molecule has 4 rings (SSSR count). The zero-order valence-corrected chi connectivity index (χ0v) is 24.9. The van der Waals surface area contributed by atoms with Gasteiger partial charge in [-0.25, -0.2) is 9.59 Å². The van der Waals surface area contributed by atoms with Crippen molar-refractivity contribution in [3.05, 3.63) is 64.8 Å². The molecule has 0 amide bonds. The van der Waals surface area contributed by atoms with Crippen molar-refractivity contribution >= 4 is 23.0 Å². The highest BCUT2D eigenvalue weighted by Crippen LogP contribution is 2.40. The van der Waals surface area contributed by atoms with Crippen molar-refractivity contribution in [2.24, 2.45) is 0 Å². The standard InChI is InChI=1S/C32H42N2O6/c1-9-39-24-17-21(3)34(27(18-24)22-10-12-23(13-11-22)30(35)38-8)19-26-25-14-15-33(31(36)40-32(4,5)6)29(25)20(2)16-28(26)37-7/h10-16,21,24,27H,9,17-19H2,1-8H3/t21?,24-,27?/m0/s1. The van der Waals surface area contributed by atoms with E-state index in [-0.39, 0.29) is 24.2 Å². The van der Waals surface area contributed by atoms with Gasteiger partial charge < -0.3 is 18.9 Å². The van der Waals surface area contributed by atoms with Gasteiger partial charge >= 0.3 is 12.1 Å². The van der Waals surface area contributed by atoms with Gasteiger partial charge in [-0.2, -0.15) is 0 Å². The van der Waals surface area contributed by atoms with E-state index in [2.05, 4.69) is 11.8 Å². The van der Waals surface area contributed by atoms with Gasteiger partial charge in [0.2, 0.25) is 0 Å². The third-order valence-corrected chi connectivity index (χ3v) is 7.56. The lowest BCUT2D eigenvalue weighted by molar-refractivity contribution is -0.0382. The first kappa shape index (κ1) is 29.6. The smallest absolute Gasteiger partial charge is 0.419 e. The molecule has 1 saturated heterocycles. The first-order valence-electron chi connectivity index (χ1n) is 13.9. The number of fused-ring (bicyclic) bond motifs is 1. The third-order valence-electron chi connectivity index (χ3n) is 7.56. The van der Waals surface area contributed by atoms with Gasteiger partial charge in [0.25, 0.3) is 0 Å². The molecule has 8 heteroatoms. The maximum Gasteiger partial charge on any atom is 0.419 e. The topological polar surface area (TPSA) is 79.2 Å². The number of ether oxygens (including phenoxy) is 4. The summed E-state index contributed by atoms with van der Waals surface area (Å²) >= 11 is 0. The van der Waals surface area contributed by atoms with E-state index >= 15 is 0 Å². The molecule has 0 saturated carbocycles. The van der Waals surface area contributed by atoms with Gasteiger partial charge in [-0.05, 0) is 89.8 Å². The molecule has 2 heterocycles. The summed E-state index contributed by atoms with van der Waals surface area (Å²) in [6.45, 7) is 13.1. The molecule has 1 aliphatic rings. The van der Waals surface area contributed by atoms with Crippen molar-refractivity contribution in [2.75, 3.05) is 20.8 Å². The van der Waals surface area contributed by atoms with Crippen LogP contribution in [0.3, 0.4) is 0 Å². The van der Waals surface area contributed by atoms with E-state index in [4.69, 9.17) is 18.9 Å². The number of likely N-dealkylation sites (tertiary alicyclic amines) is 1. The molecule has 8 nitrogen and oxygen atoms in total. The van der Waals surface area contributed by atoms with Crippen LogP contribution in [0.5, 0.6) is 5.75 Å². The number of methoxy groups -OCH3 is 2. The molecule has 3 aromatic rings. The molecular formula is C32H42N2O6. The lowest BCUT2D eigenvalue weighted by atomic mass is 9.88. The summed E-state index contributed by atoms with van der Waals surface area (Å²) in [7, 11) is 3.07. The molecule has 0 radical (unpaired) electrons. The van der Waals surface area contributed by atoms with Crippen molar-refractivity contribution in [2.45, 2.75) is 84.7 Å². The highest BCUT2D eigenvalue weighted by molar-refractivity contribution is 5.95. The molecule has 0 spiro atoms. The van der Waals surface area contributed by atoms with Crippen LogP contribution in [0.25, 0.3) is 10.9 Å². The Morgan fingerprint density at radius 3 is 2.35 bits per heavy atom. The number of hydrogen-bond donors (Lipinski definition) is 0. The molecule has 40 heavy (non-hydrogen) atoms. The van der Waals surface area contributed by atoms with E-state index in [1.165, 1.54) is 7.11 Å². The number of benzene rings is 2. The Labute approximate surface area is 237 Å². The maximum absolute atomic E-state index is 13.1. The average Bonchev–Trinajstić information content (AvgIpc) is 3.36. The van der Waals surface area contributed by atoms with Crippen molar-refractivity contribution in [1.82, 2.24) is 9.47 Å². The number of esters is 1. The Kier molecular flexibility index (Phi) is 8.90. The van der Waals surface area contributed by atoms with Gasteiger partial charge in [0.05, 0.1) is 31.4 Å². The van der Waals surface area contributed by atoms with Gasteiger partial charge in [-0.15, -0.1) is 0 Å². The summed E-state index contributed by atoms with van der Waals surface area (Å²) in [5.41, 5.74) is 3.80. The number of aromatic nitrogens is 1. The normalized spacial score (nSPS) is 19.9. The Hall–Kier alpha value is -3.36. The first-order chi connectivity index (χ1) is 19.0. The average molecular weight is 551 g/mol. The molecule has 0 N–H and O–H groups in total. The van der Waals surface area contributed by atoms with Gasteiger partial charge in [0.15, 0.2) is 0 Å². The lowest BCUT2D eigenvalue weighted by Gasteiger charge is -2.44. The number of carbonyl (C=O) groups is 2. The Morgan fingerprint density at radius 2 is 1.75 bits per heavy atom. The van der Waals surface area contributed by atoms with Gasteiger partial charge in [-0.1, -0.05) is 12.1 Å². The van der Waals surface area contributed by atoms with Crippen LogP contribution in [0.4, 0.5) is 4.79 Å². The van der Waals surface area contributed by atoms with Crippen LogP contribution in [0, 0.1) is 6.92 Å². The van der Waals surface area contributed by atoms with Crippen molar-refractivity contribution in [3.63, 3.8) is 0 Å². The summed E-state index contributed by atoms with van der Waals surface area (Å²) in [6.07, 6.45) is 3.24. The largest absolute Gasteiger partial charge is 0.496 e. The summed E-state index contributed by atoms with van der Waals surface area (Å²) in [4.78, 5) is 27.6. The minimum atomic E-state index is -0.603. The molecule has 3 atom stereocenters. The minimum absolute atomic E-state index is 0.0565. The molecule has 0 bridgehead atoms. The van der Waals surface area contributed by atoms with Crippen molar-refractivity contribution < 1.29 is 28.5 Å². The number of rotatable bonds is 7. The second-order valence-corrected chi connectivity index (χ2v) is 11.5. The molecule has 1 aliphatic heterocycles. The Bertz CT molecular complexity index is 1350. The molecule has 2 aromatic carbocycles. The van der Waals surface area contributed by atoms with Crippen molar-refractivity contribution in [1.29, 1.82) is 0 Å². The first-order valence-corrected chi connectivity index (χ1v) is 13.9. The number of nitrogens with zero attached hydrogens (tertiary/aromatic N) is 2. The van der Waals surface area contributed by atoms with Crippen LogP contribution in [0.15, 0.2) is 42.6 Å². The van der Waals surface area contributed by atoms with E-state index < -0.39 is 11.7 Å². The maximum atomic E-state index is 13.1. The zero-order chi connectivity index (χ0) is 29.2. The SMILES string of the molecule is CCO[C@H]1CC(C)N(Cc2c(OC)cc(C)c3c2ccn3C(=O)OC(C)(C)C)C(c2ccc(C(=O)OC)cc2)C1. The fraction of sp³-hybridized carbons (Fsp3) is 0.500. The van der Waals surface area contributed by atoms with Crippen LogP contribution < -0.4 is 4.74 Å². The van der Waals surface area contributed by atoms with E-state index in [9.17, 15) is 9.59 Å². The van der Waals surface area contributed by atoms with Crippen LogP contribution in [0.2, 0.25) is 0 Å². The number of carbonyl (C=O) groups excluding carboxylic acids is 2. The molecule has 216 valence electrons. The van der Waals surface area contributed by atoms with E-state index in [1.54, 1.807) is 17.9 Å². The van der Waals surface area contributed by atoms with E-state index in [1.807, 2.05) is 71.0 Å². The monoisotopic (exact) mass is 550 g/mol. The second-order valence-electron chi connectivity index (χ2n) is 11.5. The van der Waals surface area contributed by atoms with Crippen LogP contribution >= 0.6 is 0 Å². The van der Waals surface area contributed by atoms with Crippen LogP contribution in [-0.2, 0) is 20.8 Å². The van der Waals surface area contributed by atoms with Crippen molar-refractivity contribution in [3.8, 4) is 5.75 Å². The van der Waals surface area contributed by atoms with Gasteiger partial charge in [0, 0.05) is 42.4 Å². The van der Waals surface area contributed by atoms with E-state index in [0.29, 0.717) is 18.7 Å². The summed E-state index contributed by atoms with van der Waals surface area (Å²) < 4.78 is 24.2. The fourth-order valence-corrected chi connectivity index (χ4v) is 5.78. The molecule has 0 aliphatic carbocycles. The Morgan fingerprint density at radius 1 is 1.05 bits per heavy atom. The van der Waals surface area contributed by atoms with Crippen LogP contribution in [-0.4, -0.2) is 60.1 Å². The Balaban J connectivity index is 1.76. The molecular weight excluding hydrogens is 508 g/mol.